The Morgan fingerprint density at radius 2 is 1.91 bits per heavy atom. The van der Waals surface area contributed by atoms with E-state index in [1.165, 1.54) is 6.26 Å². The van der Waals surface area contributed by atoms with Gasteiger partial charge in [0.15, 0.2) is 5.76 Å². The van der Waals surface area contributed by atoms with Crippen molar-refractivity contribution < 1.29 is 18.7 Å². The molecular weight excluding hydrogens is 434 g/mol. The molecule has 1 aromatic carbocycles. The molecule has 1 saturated heterocycles. The monoisotopic (exact) mass is 459 g/mol. The standard InChI is InChI=1S/C25H25N5O4/c31-24(22-2-1-15-33-22)30-12-8-21(9-13-30)34-20-5-3-19(4-6-20)28-25(32)27-17-18-7-11-29-14-10-26-23(29)16-18/h1-7,10-11,14-16,21H,8-9,12-13,17H2,(H2,27,28,32). The molecule has 34 heavy (non-hydrogen) atoms. The molecule has 3 amide bonds. The van der Waals surface area contributed by atoms with Crippen LogP contribution in [0, 0.1) is 0 Å². The number of nitrogens with one attached hydrogen (secondary N) is 2. The van der Waals surface area contributed by atoms with Crippen LogP contribution in [-0.4, -0.2) is 45.4 Å². The van der Waals surface area contributed by atoms with Gasteiger partial charge in [0.05, 0.1) is 6.26 Å². The van der Waals surface area contributed by atoms with Gasteiger partial charge < -0.3 is 29.1 Å². The Morgan fingerprint density at radius 3 is 2.68 bits per heavy atom. The topological polar surface area (TPSA) is 101 Å². The van der Waals surface area contributed by atoms with E-state index in [-0.39, 0.29) is 18.0 Å². The molecular formula is C25H25N5O4. The summed E-state index contributed by atoms with van der Waals surface area (Å²) in [4.78, 5) is 30.7. The van der Waals surface area contributed by atoms with E-state index in [1.807, 2.05) is 41.1 Å². The van der Waals surface area contributed by atoms with Crippen molar-refractivity contribution in [3.05, 3.63) is 84.7 Å². The van der Waals surface area contributed by atoms with E-state index >= 15 is 0 Å². The van der Waals surface area contributed by atoms with Gasteiger partial charge in [0.25, 0.3) is 5.91 Å². The third kappa shape index (κ3) is 5.03. The molecule has 1 aliphatic rings. The molecule has 9 nitrogen and oxygen atoms in total. The summed E-state index contributed by atoms with van der Waals surface area (Å²) in [6.07, 6.45) is 8.57. The minimum Gasteiger partial charge on any atom is -0.490 e. The van der Waals surface area contributed by atoms with Crippen molar-refractivity contribution in [3.8, 4) is 5.75 Å². The van der Waals surface area contributed by atoms with Crippen molar-refractivity contribution >= 4 is 23.3 Å². The first-order chi connectivity index (χ1) is 16.6. The lowest BCUT2D eigenvalue weighted by Crippen LogP contribution is -2.41. The molecule has 0 unspecified atom stereocenters. The van der Waals surface area contributed by atoms with Crippen LogP contribution in [-0.2, 0) is 6.54 Å². The number of fused-ring (bicyclic) bond motifs is 1. The number of rotatable bonds is 6. The maximum Gasteiger partial charge on any atom is 0.319 e. The number of anilines is 1. The van der Waals surface area contributed by atoms with Gasteiger partial charge in [-0.25, -0.2) is 9.78 Å². The number of pyridine rings is 1. The van der Waals surface area contributed by atoms with Crippen LogP contribution < -0.4 is 15.4 Å². The first-order valence-electron chi connectivity index (χ1n) is 11.2. The molecule has 0 saturated carbocycles. The van der Waals surface area contributed by atoms with Gasteiger partial charge in [-0.2, -0.15) is 0 Å². The average molecular weight is 460 g/mol. The predicted octanol–water partition coefficient (Wildman–Crippen LogP) is 3.93. The zero-order chi connectivity index (χ0) is 23.3. The van der Waals surface area contributed by atoms with Crippen molar-refractivity contribution in [1.82, 2.24) is 19.6 Å². The largest absolute Gasteiger partial charge is 0.490 e. The smallest absolute Gasteiger partial charge is 0.319 e. The molecule has 0 aliphatic carbocycles. The minimum absolute atomic E-state index is 0.0372. The number of furan rings is 1. The zero-order valence-corrected chi connectivity index (χ0v) is 18.5. The Kier molecular flexibility index (Phi) is 6.15. The van der Waals surface area contributed by atoms with Crippen LogP contribution in [0.3, 0.4) is 0 Å². The van der Waals surface area contributed by atoms with Gasteiger partial charge in [-0.05, 0) is 54.1 Å². The van der Waals surface area contributed by atoms with Gasteiger partial charge in [0.1, 0.15) is 17.5 Å². The number of ether oxygens (including phenoxy) is 1. The first kappa shape index (κ1) is 21.6. The lowest BCUT2D eigenvalue weighted by molar-refractivity contribution is 0.0567. The summed E-state index contributed by atoms with van der Waals surface area (Å²) in [6.45, 7) is 1.65. The molecule has 4 aromatic rings. The average Bonchev–Trinajstić information content (AvgIpc) is 3.56. The fourth-order valence-corrected chi connectivity index (χ4v) is 3.96. The lowest BCUT2D eigenvalue weighted by atomic mass is 10.1. The van der Waals surface area contributed by atoms with Crippen LogP contribution in [0.5, 0.6) is 5.75 Å². The van der Waals surface area contributed by atoms with Crippen LogP contribution in [0.1, 0.15) is 29.0 Å². The molecule has 5 rings (SSSR count). The number of urea groups is 1. The SMILES string of the molecule is O=C(NCc1ccn2ccnc2c1)Nc1ccc(OC2CCN(C(=O)c3ccco3)CC2)cc1. The quantitative estimate of drug-likeness (QED) is 0.455. The van der Waals surface area contributed by atoms with E-state index in [4.69, 9.17) is 9.15 Å². The number of carbonyl (C=O) groups is 2. The Labute approximate surface area is 196 Å². The summed E-state index contributed by atoms with van der Waals surface area (Å²) in [7, 11) is 0. The Hall–Kier alpha value is -4.27. The first-order valence-corrected chi connectivity index (χ1v) is 11.2. The number of imidazole rings is 1. The molecule has 1 aliphatic heterocycles. The summed E-state index contributed by atoms with van der Waals surface area (Å²) in [5, 5.41) is 5.68. The fourth-order valence-electron chi connectivity index (χ4n) is 3.96. The third-order valence-electron chi connectivity index (χ3n) is 5.79. The summed E-state index contributed by atoms with van der Waals surface area (Å²) in [5.74, 6) is 1.01. The number of hydrogen-bond acceptors (Lipinski definition) is 5. The van der Waals surface area contributed by atoms with E-state index < -0.39 is 0 Å². The normalized spacial score (nSPS) is 14.2. The number of hydrogen-bond donors (Lipinski definition) is 2. The molecule has 0 bridgehead atoms. The predicted molar refractivity (Wildman–Crippen MR) is 126 cm³/mol. The summed E-state index contributed by atoms with van der Waals surface area (Å²) in [5.41, 5.74) is 2.48. The second-order valence-corrected chi connectivity index (χ2v) is 8.15. The second kappa shape index (κ2) is 9.70. The maximum absolute atomic E-state index is 12.4. The number of benzene rings is 1. The number of carbonyl (C=O) groups excluding carboxylic acids is 2. The molecule has 174 valence electrons. The van der Waals surface area contributed by atoms with Crippen LogP contribution >= 0.6 is 0 Å². The highest BCUT2D eigenvalue weighted by Gasteiger charge is 2.26. The van der Waals surface area contributed by atoms with Crippen LogP contribution in [0.2, 0.25) is 0 Å². The van der Waals surface area contributed by atoms with E-state index in [0.29, 0.717) is 31.1 Å². The minimum atomic E-state index is -0.287. The van der Waals surface area contributed by atoms with Crippen molar-refractivity contribution in [2.75, 3.05) is 18.4 Å². The molecule has 2 N–H and O–H groups in total. The highest BCUT2D eigenvalue weighted by molar-refractivity contribution is 5.91. The number of amides is 3. The molecule has 9 heteroatoms. The van der Waals surface area contributed by atoms with Crippen molar-refractivity contribution in [3.63, 3.8) is 0 Å². The molecule has 0 spiro atoms. The number of aromatic nitrogens is 2. The van der Waals surface area contributed by atoms with Gasteiger partial charge in [0.2, 0.25) is 0 Å². The zero-order valence-electron chi connectivity index (χ0n) is 18.5. The van der Waals surface area contributed by atoms with Crippen molar-refractivity contribution in [2.24, 2.45) is 0 Å². The summed E-state index contributed by atoms with van der Waals surface area (Å²) >= 11 is 0. The highest BCUT2D eigenvalue weighted by Crippen LogP contribution is 2.22. The van der Waals surface area contributed by atoms with Crippen LogP contribution in [0.15, 0.2) is 77.8 Å². The van der Waals surface area contributed by atoms with E-state index in [2.05, 4.69) is 15.6 Å². The maximum atomic E-state index is 12.4. The Bertz CT molecular complexity index is 1260. The van der Waals surface area contributed by atoms with Gasteiger partial charge >= 0.3 is 6.03 Å². The van der Waals surface area contributed by atoms with Crippen molar-refractivity contribution in [2.45, 2.75) is 25.5 Å². The van der Waals surface area contributed by atoms with Gasteiger partial charge in [-0.3, -0.25) is 4.79 Å². The Morgan fingerprint density at radius 1 is 1.09 bits per heavy atom. The summed E-state index contributed by atoms with van der Waals surface area (Å²) in [6, 6.07) is 14.3. The number of likely N-dealkylation sites (tertiary alicyclic amines) is 1. The third-order valence-corrected chi connectivity index (χ3v) is 5.79. The van der Waals surface area contributed by atoms with Gasteiger partial charge in [-0.1, -0.05) is 0 Å². The van der Waals surface area contributed by atoms with E-state index in [9.17, 15) is 9.59 Å². The van der Waals surface area contributed by atoms with Crippen LogP contribution in [0.25, 0.3) is 5.65 Å². The second-order valence-electron chi connectivity index (χ2n) is 8.15. The molecule has 0 atom stereocenters. The summed E-state index contributed by atoms with van der Waals surface area (Å²) < 4.78 is 13.2. The number of nitrogens with zero attached hydrogens (tertiary/aromatic N) is 3. The fraction of sp³-hybridized carbons (Fsp3) is 0.240. The molecule has 3 aromatic heterocycles. The van der Waals surface area contributed by atoms with Crippen molar-refractivity contribution in [1.29, 1.82) is 0 Å². The van der Waals surface area contributed by atoms with Crippen LogP contribution in [0.4, 0.5) is 10.5 Å². The number of piperidine rings is 1. The molecule has 0 radical (unpaired) electrons. The molecule has 1 fully saturated rings. The van der Waals surface area contributed by atoms with Gasteiger partial charge in [-0.15, -0.1) is 0 Å². The van der Waals surface area contributed by atoms with E-state index in [0.717, 1.165) is 29.8 Å². The Balaban J connectivity index is 1.07. The highest BCUT2D eigenvalue weighted by atomic mass is 16.5. The van der Waals surface area contributed by atoms with E-state index in [1.54, 1.807) is 35.4 Å². The molecule has 4 heterocycles. The lowest BCUT2D eigenvalue weighted by Gasteiger charge is -2.31. The van der Waals surface area contributed by atoms with Gasteiger partial charge in [0, 0.05) is 56.8 Å².